The van der Waals surface area contributed by atoms with Crippen LogP contribution in [0.5, 0.6) is 0 Å². The van der Waals surface area contributed by atoms with Gasteiger partial charge in [0.1, 0.15) is 5.82 Å². The summed E-state index contributed by atoms with van der Waals surface area (Å²) in [7, 11) is 0. The third-order valence-electron chi connectivity index (χ3n) is 3.00. The van der Waals surface area contributed by atoms with Gasteiger partial charge in [0.25, 0.3) is 0 Å². The molecule has 0 heterocycles. The monoisotopic (exact) mass is 397 g/mol. The largest absolute Gasteiger partial charge is 0.370 e. The van der Waals surface area contributed by atoms with Crippen LogP contribution >= 0.6 is 35.6 Å². The number of aliphatic imine (C=N–C) groups is 1. The van der Waals surface area contributed by atoms with Crippen molar-refractivity contribution in [3.8, 4) is 0 Å². The van der Waals surface area contributed by atoms with Gasteiger partial charge in [0.15, 0.2) is 5.96 Å². The SMILES string of the molecule is CCCN=C(N)NC1CC1c1c(F)cccc1Cl.I. The second-order valence-electron chi connectivity index (χ2n) is 4.50. The van der Waals surface area contributed by atoms with Crippen LogP contribution in [0.25, 0.3) is 0 Å². The van der Waals surface area contributed by atoms with Crippen LogP contribution in [0.4, 0.5) is 4.39 Å². The van der Waals surface area contributed by atoms with Gasteiger partial charge in [-0.2, -0.15) is 0 Å². The minimum atomic E-state index is -0.249. The van der Waals surface area contributed by atoms with Crippen molar-refractivity contribution in [1.29, 1.82) is 0 Å². The molecule has 106 valence electrons. The first-order chi connectivity index (χ1) is 8.63. The van der Waals surface area contributed by atoms with Crippen molar-refractivity contribution in [2.75, 3.05) is 6.54 Å². The summed E-state index contributed by atoms with van der Waals surface area (Å²) < 4.78 is 13.7. The Hall–Kier alpha value is -0.560. The van der Waals surface area contributed by atoms with Crippen LogP contribution < -0.4 is 11.1 Å². The molecule has 0 aliphatic heterocycles. The molecule has 2 rings (SSSR count). The predicted molar refractivity (Wildman–Crippen MR) is 87.9 cm³/mol. The molecule has 0 spiro atoms. The maximum Gasteiger partial charge on any atom is 0.188 e. The van der Waals surface area contributed by atoms with Crippen molar-refractivity contribution in [2.45, 2.75) is 31.7 Å². The second kappa shape index (κ2) is 7.28. The summed E-state index contributed by atoms with van der Waals surface area (Å²) in [4.78, 5) is 4.15. The number of halogens is 3. The zero-order chi connectivity index (χ0) is 13.1. The first kappa shape index (κ1) is 16.5. The molecule has 0 bridgehead atoms. The molecular weight excluding hydrogens is 380 g/mol. The first-order valence-corrected chi connectivity index (χ1v) is 6.51. The summed E-state index contributed by atoms with van der Waals surface area (Å²) in [5, 5.41) is 3.57. The number of hydrogen-bond donors (Lipinski definition) is 2. The number of rotatable bonds is 4. The molecule has 1 aliphatic carbocycles. The lowest BCUT2D eigenvalue weighted by Gasteiger charge is -2.07. The van der Waals surface area contributed by atoms with Gasteiger partial charge in [-0.1, -0.05) is 24.6 Å². The van der Waals surface area contributed by atoms with Gasteiger partial charge in [0.05, 0.1) is 0 Å². The van der Waals surface area contributed by atoms with Gasteiger partial charge < -0.3 is 11.1 Å². The molecule has 1 aromatic carbocycles. The Morgan fingerprint density at radius 1 is 1.58 bits per heavy atom. The minimum Gasteiger partial charge on any atom is -0.370 e. The van der Waals surface area contributed by atoms with E-state index in [0.717, 1.165) is 12.8 Å². The molecule has 3 N–H and O–H groups in total. The number of nitrogens with zero attached hydrogens (tertiary/aromatic N) is 1. The number of guanidine groups is 1. The third-order valence-corrected chi connectivity index (χ3v) is 3.33. The van der Waals surface area contributed by atoms with Gasteiger partial charge in [0, 0.05) is 29.1 Å². The Kier molecular flexibility index (Phi) is 6.32. The molecule has 3 nitrogen and oxygen atoms in total. The van der Waals surface area contributed by atoms with Crippen LogP contribution in [0.1, 0.15) is 31.2 Å². The van der Waals surface area contributed by atoms with Crippen LogP contribution in [0.2, 0.25) is 5.02 Å². The Morgan fingerprint density at radius 3 is 2.95 bits per heavy atom. The zero-order valence-corrected chi connectivity index (χ0v) is 13.8. The fourth-order valence-corrected chi connectivity index (χ4v) is 2.31. The quantitative estimate of drug-likeness (QED) is 0.465. The van der Waals surface area contributed by atoms with Gasteiger partial charge >= 0.3 is 0 Å². The number of benzene rings is 1. The Morgan fingerprint density at radius 2 is 2.32 bits per heavy atom. The summed E-state index contributed by atoms with van der Waals surface area (Å²) in [5.74, 6) is 0.270. The second-order valence-corrected chi connectivity index (χ2v) is 4.90. The molecule has 19 heavy (non-hydrogen) atoms. The van der Waals surface area contributed by atoms with Crippen LogP contribution in [-0.2, 0) is 0 Å². The molecule has 1 fully saturated rings. The van der Waals surface area contributed by atoms with Crippen LogP contribution in [0.15, 0.2) is 23.2 Å². The molecule has 6 heteroatoms. The normalized spacial score (nSPS) is 21.7. The zero-order valence-electron chi connectivity index (χ0n) is 10.7. The summed E-state index contributed by atoms with van der Waals surface area (Å²) >= 11 is 6.02. The van der Waals surface area contributed by atoms with Gasteiger partial charge in [-0.05, 0) is 25.0 Å². The highest BCUT2D eigenvalue weighted by Gasteiger charge is 2.41. The van der Waals surface area contributed by atoms with Crippen molar-refractivity contribution in [1.82, 2.24) is 5.32 Å². The highest BCUT2D eigenvalue weighted by atomic mass is 127. The van der Waals surface area contributed by atoms with Crippen LogP contribution in [0.3, 0.4) is 0 Å². The average molecular weight is 398 g/mol. The number of hydrogen-bond acceptors (Lipinski definition) is 1. The van der Waals surface area contributed by atoms with Gasteiger partial charge in [-0.25, -0.2) is 4.39 Å². The van der Waals surface area contributed by atoms with E-state index in [-0.39, 0.29) is 41.8 Å². The van der Waals surface area contributed by atoms with Crippen molar-refractivity contribution < 1.29 is 4.39 Å². The van der Waals surface area contributed by atoms with E-state index in [1.54, 1.807) is 12.1 Å². The highest BCUT2D eigenvalue weighted by Crippen LogP contribution is 2.44. The summed E-state index contributed by atoms with van der Waals surface area (Å²) in [6, 6.07) is 4.90. The molecule has 1 aromatic rings. The summed E-state index contributed by atoms with van der Waals surface area (Å²) in [5.41, 5.74) is 6.31. The summed E-state index contributed by atoms with van der Waals surface area (Å²) in [6.07, 6.45) is 1.79. The third kappa shape index (κ3) is 4.21. The van der Waals surface area contributed by atoms with Gasteiger partial charge in [-0.3, -0.25) is 4.99 Å². The van der Waals surface area contributed by atoms with Gasteiger partial charge in [-0.15, -0.1) is 24.0 Å². The molecule has 1 saturated carbocycles. The number of nitrogens with one attached hydrogen (secondary N) is 1. The van der Waals surface area contributed by atoms with Crippen molar-refractivity contribution in [3.05, 3.63) is 34.6 Å². The predicted octanol–water partition coefficient (Wildman–Crippen LogP) is 3.27. The fraction of sp³-hybridized carbons (Fsp3) is 0.462. The lowest BCUT2D eigenvalue weighted by molar-refractivity contribution is 0.608. The van der Waals surface area contributed by atoms with E-state index in [2.05, 4.69) is 10.3 Å². The Balaban J connectivity index is 0.00000180. The molecule has 2 atom stereocenters. The molecular formula is C13H18ClFIN3. The highest BCUT2D eigenvalue weighted by molar-refractivity contribution is 14.0. The van der Waals surface area contributed by atoms with E-state index >= 15 is 0 Å². The van der Waals surface area contributed by atoms with Crippen molar-refractivity contribution in [2.24, 2.45) is 10.7 Å². The first-order valence-electron chi connectivity index (χ1n) is 6.13. The fourth-order valence-electron chi connectivity index (χ4n) is 2.01. The molecule has 0 saturated heterocycles. The minimum absolute atomic E-state index is 0. The molecule has 0 aromatic heterocycles. The molecule has 0 radical (unpaired) electrons. The van der Waals surface area contributed by atoms with E-state index in [9.17, 15) is 4.39 Å². The number of nitrogens with two attached hydrogens (primary N) is 1. The smallest absolute Gasteiger partial charge is 0.188 e. The lowest BCUT2D eigenvalue weighted by Crippen LogP contribution is -2.34. The molecule has 2 unspecified atom stereocenters. The average Bonchev–Trinajstić information content (AvgIpc) is 3.05. The van der Waals surface area contributed by atoms with Crippen LogP contribution in [0, 0.1) is 5.82 Å². The Bertz CT molecular complexity index is 447. The van der Waals surface area contributed by atoms with E-state index in [0.29, 0.717) is 23.1 Å². The Labute approximate surface area is 134 Å². The standard InChI is InChI=1S/C13H17ClFN3.HI/c1-2-6-17-13(16)18-11-7-8(11)12-9(14)4-3-5-10(12)15;/h3-5,8,11H,2,6-7H2,1H3,(H3,16,17,18);1H. The van der Waals surface area contributed by atoms with E-state index < -0.39 is 0 Å². The lowest BCUT2D eigenvalue weighted by atomic mass is 10.1. The maximum absolute atomic E-state index is 13.7. The van der Waals surface area contributed by atoms with E-state index in [1.165, 1.54) is 6.07 Å². The van der Waals surface area contributed by atoms with E-state index in [4.69, 9.17) is 17.3 Å². The summed E-state index contributed by atoms with van der Waals surface area (Å²) in [6.45, 7) is 2.74. The molecule has 0 amide bonds. The van der Waals surface area contributed by atoms with E-state index in [1.807, 2.05) is 6.92 Å². The topological polar surface area (TPSA) is 50.4 Å². The van der Waals surface area contributed by atoms with Crippen LogP contribution in [-0.4, -0.2) is 18.5 Å². The maximum atomic E-state index is 13.7. The van der Waals surface area contributed by atoms with Crippen molar-refractivity contribution >= 4 is 41.5 Å². The van der Waals surface area contributed by atoms with Crippen molar-refractivity contribution in [3.63, 3.8) is 0 Å². The molecule has 1 aliphatic rings. The van der Waals surface area contributed by atoms with Gasteiger partial charge in [0.2, 0.25) is 0 Å².